The number of hydrazine groups is 1. The lowest BCUT2D eigenvalue weighted by Gasteiger charge is -2.30. The minimum atomic E-state index is 0.148. The highest BCUT2D eigenvalue weighted by Crippen LogP contribution is 2.41. The molecule has 1 saturated heterocycles. The molecule has 0 aromatic heterocycles. The van der Waals surface area contributed by atoms with Crippen molar-refractivity contribution in [3.63, 3.8) is 0 Å². The van der Waals surface area contributed by atoms with E-state index in [1.54, 1.807) is 0 Å². The number of aryl methyl sites for hydroxylation is 1. The summed E-state index contributed by atoms with van der Waals surface area (Å²) in [5, 5.41) is 3.23. The van der Waals surface area contributed by atoms with Crippen molar-refractivity contribution in [3.8, 4) is 0 Å². The summed E-state index contributed by atoms with van der Waals surface area (Å²) in [5.41, 5.74) is 9.30. The Kier molecular flexibility index (Phi) is 4.33. The molecule has 3 aliphatic rings. The van der Waals surface area contributed by atoms with Crippen LogP contribution in [0.3, 0.4) is 0 Å². The predicted molar refractivity (Wildman–Crippen MR) is 94.4 cm³/mol. The van der Waals surface area contributed by atoms with E-state index in [0.717, 1.165) is 12.8 Å². The number of carbonyl (C=O) groups excluding carboxylic acids is 1. The highest BCUT2D eigenvalue weighted by molar-refractivity contribution is 5.78. The SMILES string of the molecule is CC1NNC(C)C1NC(=O)CN(C1CC1)C1CCc2ccccc21. The third-order valence-electron chi connectivity index (χ3n) is 5.79. The van der Waals surface area contributed by atoms with Crippen molar-refractivity contribution in [2.45, 2.75) is 69.7 Å². The van der Waals surface area contributed by atoms with E-state index < -0.39 is 0 Å². The molecule has 4 rings (SSSR count). The minimum absolute atomic E-state index is 0.148. The van der Waals surface area contributed by atoms with Crippen LogP contribution in [0.4, 0.5) is 0 Å². The zero-order valence-corrected chi connectivity index (χ0v) is 14.6. The first-order valence-corrected chi connectivity index (χ1v) is 9.27. The standard InChI is InChI=1S/C19H28N4O/c1-12-19(13(2)22-21-12)20-18(24)11-23(15-8-9-15)17-10-7-14-5-3-4-6-16(14)17/h3-6,12-13,15,17,19,21-22H,7-11H2,1-2H3,(H,20,24). The van der Waals surface area contributed by atoms with Gasteiger partial charge in [-0.05, 0) is 50.7 Å². The van der Waals surface area contributed by atoms with E-state index in [1.165, 1.54) is 24.0 Å². The average molecular weight is 328 g/mol. The first-order valence-electron chi connectivity index (χ1n) is 9.27. The molecule has 5 nitrogen and oxygen atoms in total. The average Bonchev–Trinajstić information content (AvgIpc) is 3.27. The fourth-order valence-electron chi connectivity index (χ4n) is 4.30. The summed E-state index contributed by atoms with van der Waals surface area (Å²) in [7, 11) is 0. The summed E-state index contributed by atoms with van der Waals surface area (Å²) in [6.45, 7) is 4.72. The first-order chi connectivity index (χ1) is 11.6. The Morgan fingerprint density at radius 1 is 1.17 bits per heavy atom. The quantitative estimate of drug-likeness (QED) is 0.767. The Morgan fingerprint density at radius 2 is 1.88 bits per heavy atom. The van der Waals surface area contributed by atoms with Crippen LogP contribution in [0.15, 0.2) is 24.3 Å². The second kappa shape index (κ2) is 6.47. The number of nitrogens with zero attached hydrogens (tertiary/aromatic N) is 1. The van der Waals surface area contributed by atoms with Gasteiger partial charge in [0.05, 0.1) is 12.6 Å². The topological polar surface area (TPSA) is 56.4 Å². The number of fused-ring (bicyclic) bond motifs is 1. The first kappa shape index (κ1) is 16.1. The zero-order valence-electron chi connectivity index (χ0n) is 14.6. The maximum Gasteiger partial charge on any atom is 0.234 e. The van der Waals surface area contributed by atoms with E-state index in [9.17, 15) is 4.79 Å². The number of amides is 1. The maximum atomic E-state index is 12.7. The van der Waals surface area contributed by atoms with Gasteiger partial charge in [0.1, 0.15) is 0 Å². The predicted octanol–water partition coefficient (Wildman–Crippen LogP) is 1.51. The van der Waals surface area contributed by atoms with Crippen molar-refractivity contribution >= 4 is 5.91 Å². The lowest BCUT2D eigenvalue weighted by Crippen LogP contribution is -2.50. The smallest absolute Gasteiger partial charge is 0.234 e. The van der Waals surface area contributed by atoms with Crippen LogP contribution in [0.1, 0.15) is 50.3 Å². The molecule has 0 radical (unpaired) electrons. The van der Waals surface area contributed by atoms with Crippen LogP contribution in [0.2, 0.25) is 0 Å². The molecule has 1 heterocycles. The summed E-state index contributed by atoms with van der Waals surface area (Å²) in [6.07, 6.45) is 4.73. The second-order valence-corrected chi connectivity index (χ2v) is 7.62. The fraction of sp³-hybridized carbons (Fsp3) is 0.632. The molecule has 5 heteroatoms. The molecule has 3 atom stereocenters. The van der Waals surface area contributed by atoms with Crippen molar-refractivity contribution < 1.29 is 4.79 Å². The van der Waals surface area contributed by atoms with Gasteiger partial charge >= 0.3 is 0 Å². The lowest BCUT2D eigenvalue weighted by molar-refractivity contribution is -0.123. The molecule has 1 aliphatic heterocycles. The molecule has 130 valence electrons. The third kappa shape index (κ3) is 3.08. The molecule has 2 aliphatic carbocycles. The Bertz CT molecular complexity index is 605. The molecule has 2 fully saturated rings. The molecule has 1 aromatic rings. The molecule has 1 amide bonds. The normalized spacial score (nSPS) is 32.1. The molecule has 0 bridgehead atoms. The van der Waals surface area contributed by atoms with Gasteiger partial charge in [-0.1, -0.05) is 24.3 Å². The Balaban J connectivity index is 1.44. The number of benzene rings is 1. The number of hydrogen-bond acceptors (Lipinski definition) is 4. The molecular weight excluding hydrogens is 300 g/mol. The Hall–Kier alpha value is -1.43. The van der Waals surface area contributed by atoms with Crippen LogP contribution in [-0.4, -0.2) is 41.5 Å². The van der Waals surface area contributed by atoms with Gasteiger partial charge in [-0.2, -0.15) is 0 Å². The molecule has 1 saturated carbocycles. The molecule has 3 N–H and O–H groups in total. The molecule has 1 aromatic carbocycles. The molecule has 3 unspecified atom stereocenters. The maximum absolute atomic E-state index is 12.7. The fourth-order valence-corrected chi connectivity index (χ4v) is 4.30. The zero-order chi connectivity index (χ0) is 16.7. The van der Waals surface area contributed by atoms with Crippen molar-refractivity contribution in [2.75, 3.05) is 6.54 Å². The summed E-state index contributed by atoms with van der Waals surface area (Å²) in [5.74, 6) is 0.153. The van der Waals surface area contributed by atoms with Crippen LogP contribution in [-0.2, 0) is 11.2 Å². The van der Waals surface area contributed by atoms with Gasteiger partial charge in [0, 0.05) is 24.2 Å². The van der Waals surface area contributed by atoms with Gasteiger partial charge in [-0.25, -0.2) is 0 Å². The third-order valence-corrected chi connectivity index (χ3v) is 5.79. The van der Waals surface area contributed by atoms with Crippen molar-refractivity contribution in [1.29, 1.82) is 0 Å². The minimum Gasteiger partial charge on any atom is -0.349 e. The van der Waals surface area contributed by atoms with Crippen LogP contribution in [0.25, 0.3) is 0 Å². The van der Waals surface area contributed by atoms with E-state index in [4.69, 9.17) is 0 Å². The van der Waals surface area contributed by atoms with E-state index in [2.05, 4.69) is 59.2 Å². The highest BCUT2D eigenvalue weighted by Gasteiger charge is 2.39. The summed E-state index contributed by atoms with van der Waals surface area (Å²) in [6, 6.07) is 10.4. The van der Waals surface area contributed by atoms with E-state index in [-0.39, 0.29) is 24.0 Å². The molecule has 24 heavy (non-hydrogen) atoms. The summed E-state index contributed by atoms with van der Waals surface area (Å²) >= 11 is 0. The summed E-state index contributed by atoms with van der Waals surface area (Å²) in [4.78, 5) is 15.1. The number of nitrogens with one attached hydrogen (secondary N) is 3. The van der Waals surface area contributed by atoms with Gasteiger partial charge in [-0.15, -0.1) is 0 Å². The van der Waals surface area contributed by atoms with E-state index >= 15 is 0 Å². The van der Waals surface area contributed by atoms with Gasteiger partial charge in [0.25, 0.3) is 0 Å². The van der Waals surface area contributed by atoms with Gasteiger partial charge in [-0.3, -0.25) is 20.5 Å². The monoisotopic (exact) mass is 328 g/mol. The second-order valence-electron chi connectivity index (χ2n) is 7.62. The Morgan fingerprint density at radius 3 is 2.58 bits per heavy atom. The number of carbonyl (C=O) groups is 1. The largest absolute Gasteiger partial charge is 0.349 e. The van der Waals surface area contributed by atoms with Crippen LogP contribution < -0.4 is 16.2 Å². The van der Waals surface area contributed by atoms with E-state index in [0.29, 0.717) is 18.6 Å². The van der Waals surface area contributed by atoms with Crippen molar-refractivity contribution in [3.05, 3.63) is 35.4 Å². The van der Waals surface area contributed by atoms with Crippen LogP contribution >= 0.6 is 0 Å². The van der Waals surface area contributed by atoms with Gasteiger partial charge in [0.15, 0.2) is 0 Å². The van der Waals surface area contributed by atoms with Crippen molar-refractivity contribution in [2.24, 2.45) is 0 Å². The van der Waals surface area contributed by atoms with Gasteiger partial charge in [0.2, 0.25) is 5.91 Å². The molecule has 0 spiro atoms. The van der Waals surface area contributed by atoms with E-state index in [1.807, 2.05) is 0 Å². The van der Waals surface area contributed by atoms with Crippen LogP contribution in [0, 0.1) is 0 Å². The highest BCUT2D eigenvalue weighted by atomic mass is 16.2. The van der Waals surface area contributed by atoms with Crippen LogP contribution in [0.5, 0.6) is 0 Å². The number of hydrogen-bond donors (Lipinski definition) is 3. The van der Waals surface area contributed by atoms with Crippen molar-refractivity contribution in [1.82, 2.24) is 21.1 Å². The Labute approximate surface area is 144 Å². The van der Waals surface area contributed by atoms with Gasteiger partial charge < -0.3 is 5.32 Å². The summed E-state index contributed by atoms with van der Waals surface area (Å²) < 4.78 is 0. The number of rotatable bonds is 5. The molecular formula is C19H28N4O. The lowest BCUT2D eigenvalue weighted by atomic mass is 10.1.